The molecule has 0 radical (unpaired) electrons. The van der Waals surface area contributed by atoms with Gasteiger partial charge < -0.3 is 11.1 Å². The Morgan fingerprint density at radius 3 is 2.50 bits per heavy atom. The maximum atomic E-state index is 5.95. The van der Waals surface area contributed by atoms with Gasteiger partial charge in [0.1, 0.15) is 0 Å². The molecule has 3 aliphatic rings. The topological polar surface area (TPSA) is 50.4 Å². The molecule has 3 fully saturated rings. The van der Waals surface area contributed by atoms with Crippen LogP contribution < -0.4 is 11.1 Å². The highest BCUT2D eigenvalue weighted by molar-refractivity contribution is 5.77. The summed E-state index contributed by atoms with van der Waals surface area (Å²) in [5.74, 6) is 4.39. The molecule has 102 valence electrons. The van der Waals surface area contributed by atoms with Crippen LogP contribution in [0.2, 0.25) is 0 Å². The average molecular weight is 249 g/mol. The Balaban J connectivity index is 1.39. The fourth-order valence-electron chi connectivity index (χ4n) is 3.66. The number of guanidine groups is 1. The number of rotatable bonds is 5. The first-order valence-electron chi connectivity index (χ1n) is 7.86. The molecule has 0 aromatic heterocycles. The van der Waals surface area contributed by atoms with Crippen LogP contribution in [0.15, 0.2) is 4.99 Å². The molecule has 3 saturated carbocycles. The lowest BCUT2D eigenvalue weighted by Gasteiger charge is -2.23. The van der Waals surface area contributed by atoms with Crippen LogP contribution in [0.5, 0.6) is 0 Å². The second-order valence-corrected chi connectivity index (χ2v) is 6.60. The molecule has 0 aromatic rings. The standard InChI is InChI=1S/C15H27N3/c16-15(17-9-11-3-1-4-11)18-10-13-5-2-6-14(13)12-7-8-12/h11-14H,1-10H2,(H3,16,17,18). The molecule has 18 heavy (non-hydrogen) atoms. The van der Waals surface area contributed by atoms with Gasteiger partial charge in [0.05, 0.1) is 0 Å². The fraction of sp³-hybridized carbons (Fsp3) is 0.933. The molecular weight excluding hydrogens is 222 g/mol. The highest BCUT2D eigenvalue weighted by atomic mass is 15.1. The number of hydrogen-bond acceptors (Lipinski definition) is 1. The van der Waals surface area contributed by atoms with E-state index >= 15 is 0 Å². The summed E-state index contributed by atoms with van der Waals surface area (Å²) in [7, 11) is 0. The molecule has 0 amide bonds. The molecule has 3 heteroatoms. The number of nitrogens with zero attached hydrogens (tertiary/aromatic N) is 1. The van der Waals surface area contributed by atoms with Crippen molar-refractivity contribution in [3.8, 4) is 0 Å². The highest BCUT2D eigenvalue weighted by Gasteiger charge is 2.38. The van der Waals surface area contributed by atoms with Crippen LogP contribution in [0.25, 0.3) is 0 Å². The summed E-state index contributed by atoms with van der Waals surface area (Å²) in [6.07, 6.45) is 11.3. The van der Waals surface area contributed by atoms with Crippen LogP contribution in [0, 0.1) is 23.7 Å². The second-order valence-electron chi connectivity index (χ2n) is 6.60. The fourth-order valence-corrected chi connectivity index (χ4v) is 3.66. The molecule has 0 aromatic carbocycles. The zero-order chi connectivity index (χ0) is 12.4. The van der Waals surface area contributed by atoms with E-state index in [9.17, 15) is 0 Å². The summed E-state index contributed by atoms with van der Waals surface area (Å²) in [4.78, 5) is 4.48. The van der Waals surface area contributed by atoms with Gasteiger partial charge in [-0.15, -0.1) is 0 Å². The second kappa shape index (κ2) is 5.50. The molecule has 0 spiro atoms. The first-order chi connectivity index (χ1) is 8.83. The third kappa shape index (κ3) is 2.99. The van der Waals surface area contributed by atoms with Crippen molar-refractivity contribution < 1.29 is 0 Å². The first kappa shape index (κ1) is 12.3. The van der Waals surface area contributed by atoms with Gasteiger partial charge in [-0.2, -0.15) is 0 Å². The minimum Gasteiger partial charge on any atom is -0.370 e. The van der Waals surface area contributed by atoms with Crippen molar-refractivity contribution in [1.82, 2.24) is 5.32 Å². The third-order valence-electron chi connectivity index (χ3n) is 5.24. The van der Waals surface area contributed by atoms with Crippen molar-refractivity contribution in [1.29, 1.82) is 0 Å². The number of nitrogens with two attached hydrogens (primary N) is 1. The summed E-state index contributed by atoms with van der Waals surface area (Å²) < 4.78 is 0. The van der Waals surface area contributed by atoms with Gasteiger partial charge >= 0.3 is 0 Å². The minimum absolute atomic E-state index is 0.684. The van der Waals surface area contributed by atoms with Gasteiger partial charge in [-0.25, -0.2) is 0 Å². The van der Waals surface area contributed by atoms with Crippen molar-refractivity contribution in [2.45, 2.75) is 51.4 Å². The molecule has 2 atom stereocenters. The number of nitrogens with one attached hydrogen (secondary N) is 1. The van der Waals surface area contributed by atoms with E-state index < -0.39 is 0 Å². The minimum atomic E-state index is 0.684. The van der Waals surface area contributed by atoms with Crippen molar-refractivity contribution >= 4 is 5.96 Å². The molecule has 2 unspecified atom stereocenters. The van der Waals surface area contributed by atoms with E-state index in [1.807, 2.05) is 0 Å². The summed E-state index contributed by atoms with van der Waals surface area (Å²) in [6, 6.07) is 0. The molecule has 0 bridgehead atoms. The maximum absolute atomic E-state index is 5.95. The van der Waals surface area contributed by atoms with Gasteiger partial charge in [-0.05, 0) is 62.2 Å². The van der Waals surface area contributed by atoms with E-state index in [4.69, 9.17) is 5.73 Å². The molecule has 3 nitrogen and oxygen atoms in total. The zero-order valence-electron chi connectivity index (χ0n) is 11.4. The molecule has 0 saturated heterocycles. The summed E-state index contributed by atoms with van der Waals surface area (Å²) in [6.45, 7) is 2.00. The molecular formula is C15H27N3. The Morgan fingerprint density at radius 2 is 1.83 bits per heavy atom. The lowest BCUT2D eigenvalue weighted by molar-refractivity contribution is 0.325. The zero-order valence-corrected chi connectivity index (χ0v) is 11.4. The Bertz CT molecular complexity index is 305. The largest absolute Gasteiger partial charge is 0.370 e. The quantitative estimate of drug-likeness (QED) is 0.581. The molecule has 3 rings (SSSR count). The van der Waals surface area contributed by atoms with Gasteiger partial charge in [-0.1, -0.05) is 12.8 Å². The van der Waals surface area contributed by atoms with Gasteiger partial charge in [0.25, 0.3) is 0 Å². The van der Waals surface area contributed by atoms with E-state index in [0.717, 1.165) is 36.8 Å². The molecule has 3 aliphatic carbocycles. The van der Waals surface area contributed by atoms with Crippen LogP contribution in [-0.2, 0) is 0 Å². The van der Waals surface area contributed by atoms with Crippen LogP contribution in [-0.4, -0.2) is 19.0 Å². The summed E-state index contributed by atoms with van der Waals surface area (Å²) in [5.41, 5.74) is 5.95. The van der Waals surface area contributed by atoms with E-state index in [1.54, 1.807) is 0 Å². The van der Waals surface area contributed by atoms with E-state index in [1.165, 1.54) is 51.4 Å². The molecule has 3 N–H and O–H groups in total. The van der Waals surface area contributed by atoms with E-state index in [2.05, 4.69) is 10.3 Å². The van der Waals surface area contributed by atoms with Crippen molar-refractivity contribution in [2.24, 2.45) is 34.4 Å². The monoisotopic (exact) mass is 249 g/mol. The van der Waals surface area contributed by atoms with Gasteiger partial charge in [-0.3, -0.25) is 4.99 Å². The lowest BCUT2D eigenvalue weighted by atomic mass is 9.86. The summed E-state index contributed by atoms with van der Waals surface area (Å²) >= 11 is 0. The van der Waals surface area contributed by atoms with Crippen LogP contribution in [0.3, 0.4) is 0 Å². The Morgan fingerprint density at radius 1 is 1.06 bits per heavy atom. The highest BCUT2D eigenvalue weighted by Crippen LogP contribution is 2.47. The Hall–Kier alpha value is -0.730. The van der Waals surface area contributed by atoms with Crippen LogP contribution >= 0.6 is 0 Å². The van der Waals surface area contributed by atoms with E-state index in [0.29, 0.717) is 5.96 Å². The predicted molar refractivity (Wildman–Crippen MR) is 75.4 cm³/mol. The Labute approximate surface area is 111 Å². The SMILES string of the molecule is NC(=NCC1CCC1)NCC1CCCC1C1CC1. The van der Waals surface area contributed by atoms with Gasteiger partial charge in [0.15, 0.2) is 5.96 Å². The van der Waals surface area contributed by atoms with Crippen LogP contribution in [0.4, 0.5) is 0 Å². The van der Waals surface area contributed by atoms with Crippen LogP contribution in [0.1, 0.15) is 51.4 Å². The number of hydrogen-bond donors (Lipinski definition) is 2. The average Bonchev–Trinajstić information content (AvgIpc) is 3.04. The third-order valence-corrected chi connectivity index (χ3v) is 5.24. The van der Waals surface area contributed by atoms with Gasteiger partial charge in [0.2, 0.25) is 0 Å². The van der Waals surface area contributed by atoms with Gasteiger partial charge in [0, 0.05) is 13.1 Å². The lowest BCUT2D eigenvalue weighted by Crippen LogP contribution is -2.37. The Kier molecular flexibility index (Phi) is 3.76. The number of aliphatic imine (C=N–C) groups is 1. The normalized spacial score (nSPS) is 33.4. The molecule has 0 aliphatic heterocycles. The van der Waals surface area contributed by atoms with Crippen molar-refractivity contribution in [2.75, 3.05) is 13.1 Å². The first-order valence-corrected chi connectivity index (χ1v) is 7.86. The summed E-state index contributed by atoms with van der Waals surface area (Å²) in [5, 5.41) is 3.37. The van der Waals surface area contributed by atoms with Crippen molar-refractivity contribution in [3.05, 3.63) is 0 Å². The smallest absolute Gasteiger partial charge is 0.188 e. The predicted octanol–water partition coefficient (Wildman–Crippen LogP) is 2.52. The molecule has 0 heterocycles. The van der Waals surface area contributed by atoms with E-state index in [-0.39, 0.29) is 0 Å². The van der Waals surface area contributed by atoms with Crippen molar-refractivity contribution in [3.63, 3.8) is 0 Å². The maximum Gasteiger partial charge on any atom is 0.188 e.